The van der Waals surface area contributed by atoms with Crippen LogP contribution < -0.4 is 20.9 Å². The van der Waals surface area contributed by atoms with Gasteiger partial charge in [-0.15, -0.1) is 22.7 Å². The van der Waals surface area contributed by atoms with Crippen LogP contribution >= 0.6 is 34.3 Å². The highest BCUT2D eigenvalue weighted by atomic mass is 35.5. The van der Waals surface area contributed by atoms with Gasteiger partial charge in [0.25, 0.3) is 0 Å². The van der Waals surface area contributed by atoms with Crippen molar-refractivity contribution in [1.29, 1.82) is 0 Å². The number of hydrogen-bond acceptors (Lipinski definition) is 12. The molecule has 6 N–H and O–H groups in total. The number of nitrogens with zero attached hydrogens (tertiary/aromatic N) is 1. The molecule has 1 fully saturated rings. The number of pyridine rings is 1. The van der Waals surface area contributed by atoms with E-state index in [0.29, 0.717) is 62.6 Å². The van der Waals surface area contributed by atoms with Crippen LogP contribution in [-0.2, 0) is 26.4 Å². The van der Waals surface area contributed by atoms with Crippen LogP contribution in [0.2, 0.25) is 5.02 Å². The molecule has 292 valence electrons. The Morgan fingerprint density at radius 1 is 1.05 bits per heavy atom. The Kier molecular flexibility index (Phi) is 13.1. The first-order chi connectivity index (χ1) is 26.5. The van der Waals surface area contributed by atoms with Gasteiger partial charge in [0, 0.05) is 48.8 Å². The average Bonchev–Trinajstić information content (AvgIpc) is 3.92. The zero-order valence-electron chi connectivity index (χ0n) is 30.2. The number of thiophene rings is 2. The minimum Gasteiger partial charge on any atom is -0.506 e. The first-order valence-corrected chi connectivity index (χ1v) is 19.9. The Balaban J connectivity index is 0.955. The lowest BCUT2D eigenvalue weighted by Crippen LogP contribution is -2.45. The molecule has 0 radical (unpaired) electrons. The number of aromatic hydroxyl groups is 1. The second-order valence-corrected chi connectivity index (χ2v) is 15.7. The summed E-state index contributed by atoms with van der Waals surface area (Å²) >= 11 is 9.29. The summed E-state index contributed by atoms with van der Waals surface area (Å²) in [5, 5.41) is 42.0. The van der Waals surface area contributed by atoms with E-state index in [2.05, 4.69) is 20.5 Å². The van der Waals surface area contributed by atoms with E-state index in [4.69, 9.17) is 25.8 Å². The van der Waals surface area contributed by atoms with Gasteiger partial charge in [0.1, 0.15) is 18.1 Å². The number of benzene rings is 2. The predicted molar refractivity (Wildman–Crippen MR) is 213 cm³/mol. The number of fused-ring (bicyclic) bond motifs is 1. The molecule has 1 aliphatic carbocycles. The number of nitrogens with one attached hydrogen (secondary N) is 3. The Morgan fingerprint density at radius 3 is 2.40 bits per heavy atom. The van der Waals surface area contributed by atoms with Gasteiger partial charge < -0.3 is 44.7 Å². The maximum absolute atomic E-state index is 12.8. The van der Waals surface area contributed by atoms with Crippen LogP contribution in [0.1, 0.15) is 52.7 Å². The van der Waals surface area contributed by atoms with Crippen molar-refractivity contribution in [1.82, 2.24) is 15.2 Å². The van der Waals surface area contributed by atoms with Gasteiger partial charge >= 0.3 is 12.1 Å². The van der Waals surface area contributed by atoms with E-state index >= 15 is 0 Å². The molecule has 1 saturated carbocycles. The third kappa shape index (κ3) is 9.32. The summed E-state index contributed by atoms with van der Waals surface area (Å²) in [7, 11) is 3.48. The molecule has 3 heterocycles. The van der Waals surface area contributed by atoms with E-state index < -0.39 is 23.8 Å². The van der Waals surface area contributed by atoms with Crippen molar-refractivity contribution in [2.75, 3.05) is 39.2 Å². The highest BCUT2D eigenvalue weighted by Crippen LogP contribution is 2.42. The van der Waals surface area contributed by atoms with Crippen molar-refractivity contribution in [2.24, 2.45) is 0 Å². The number of carbonyl (C=O) groups excluding carboxylic acids is 1. The topological polar surface area (TPSA) is 183 Å². The number of phenols is 1. The van der Waals surface area contributed by atoms with Crippen molar-refractivity contribution in [3.63, 3.8) is 0 Å². The zero-order chi connectivity index (χ0) is 39.1. The second kappa shape index (κ2) is 18.0. The Hall–Kier alpha value is -4.48. The van der Waals surface area contributed by atoms with Gasteiger partial charge in [-0.05, 0) is 85.5 Å². The zero-order valence-corrected chi connectivity index (χ0v) is 32.6. The number of aliphatic carboxylic acids is 1. The van der Waals surface area contributed by atoms with Crippen LogP contribution in [0.4, 0.5) is 10.5 Å². The molecule has 1 amide bonds. The summed E-state index contributed by atoms with van der Waals surface area (Å²) in [6.07, 6.45) is 1.18. The number of carboxylic acids is 1. The van der Waals surface area contributed by atoms with Crippen LogP contribution in [0.25, 0.3) is 10.9 Å². The summed E-state index contributed by atoms with van der Waals surface area (Å²) in [4.78, 5) is 43.1. The molecule has 2 aromatic carbocycles. The molecule has 1 atom stereocenters. The Labute approximate surface area is 330 Å². The molecule has 0 aliphatic heterocycles. The van der Waals surface area contributed by atoms with Crippen LogP contribution in [-0.4, -0.2) is 83.3 Å². The van der Waals surface area contributed by atoms with E-state index in [-0.39, 0.29) is 48.2 Å². The number of carbonyl (C=O) groups is 2. The number of amides is 1. The molecular formula is C39H43ClN4O9S2. The highest BCUT2D eigenvalue weighted by molar-refractivity contribution is 7.12. The van der Waals surface area contributed by atoms with Gasteiger partial charge in [0.2, 0.25) is 11.2 Å². The minimum atomic E-state index is -1.53. The Bertz CT molecular complexity index is 2100. The number of carboxylic acid groups (broad SMARTS) is 1. The Morgan fingerprint density at radius 2 is 1.76 bits per heavy atom. The summed E-state index contributed by atoms with van der Waals surface area (Å²) < 4.78 is 17.5. The number of aromatic nitrogens is 1. The molecule has 0 unspecified atom stereocenters. The molecule has 0 bridgehead atoms. The number of rotatable bonds is 16. The van der Waals surface area contributed by atoms with Crippen LogP contribution in [0.15, 0.2) is 76.2 Å². The number of halogens is 1. The lowest BCUT2D eigenvalue weighted by atomic mass is 9.90. The molecular weight excluding hydrogens is 768 g/mol. The summed E-state index contributed by atoms with van der Waals surface area (Å²) in [5.41, 5.74) is -0.0967. The number of H-pyrrole nitrogens is 1. The van der Waals surface area contributed by atoms with Gasteiger partial charge in [-0.3, -0.25) is 10.1 Å². The normalized spacial score (nSPS) is 16.6. The van der Waals surface area contributed by atoms with E-state index in [1.807, 2.05) is 42.1 Å². The molecule has 13 nitrogen and oxygen atoms in total. The molecule has 3 aromatic heterocycles. The number of hydrogen-bond donors (Lipinski definition) is 6. The predicted octanol–water partition coefficient (Wildman–Crippen LogP) is 6.68. The van der Waals surface area contributed by atoms with Gasteiger partial charge in [-0.2, -0.15) is 0 Å². The second-order valence-electron chi connectivity index (χ2n) is 13.3. The average molecular weight is 811 g/mol. The third-order valence-corrected chi connectivity index (χ3v) is 12.1. The lowest BCUT2D eigenvalue weighted by molar-refractivity contribution is -0.170. The SMILES string of the molecule is COc1cc(NC(=O)OCCN(C)[C@H]2CC[C@H](OC(C(=O)O)(c3cccs3)c3cccs3)CC2)c(Cl)cc1CNC[C@H](O)c1cc(O)c2[nH]c(=O)ccc2c1. The van der Waals surface area contributed by atoms with E-state index in [1.54, 1.807) is 24.3 Å². The maximum atomic E-state index is 12.8. The fourth-order valence-electron chi connectivity index (χ4n) is 6.86. The monoisotopic (exact) mass is 810 g/mol. The summed E-state index contributed by atoms with van der Waals surface area (Å²) in [5.74, 6) is -0.698. The molecule has 6 rings (SSSR count). The first-order valence-electron chi connectivity index (χ1n) is 17.7. The van der Waals surface area contributed by atoms with Gasteiger partial charge in [-0.1, -0.05) is 23.7 Å². The molecule has 0 saturated heterocycles. The lowest BCUT2D eigenvalue weighted by Gasteiger charge is -2.38. The molecule has 0 spiro atoms. The van der Waals surface area contributed by atoms with Crippen molar-refractivity contribution in [3.8, 4) is 11.5 Å². The number of aliphatic hydroxyl groups is 1. The minimum absolute atomic E-state index is 0.137. The number of ether oxygens (including phenoxy) is 3. The van der Waals surface area contributed by atoms with Crippen molar-refractivity contribution < 1.29 is 39.1 Å². The number of aliphatic hydroxyl groups excluding tert-OH is 1. The summed E-state index contributed by atoms with van der Waals surface area (Å²) in [6, 6.07) is 16.8. The van der Waals surface area contributed by atoms with E-state index in [9.17, 15) is 29.7 Å². The van der Waals surface area contributed by atoms with Crippen LogP contribution in [0.5, 0.6) is 11.5 Å². The highest BCUT2D eigenvalue weighted by Gasteiger charge is 2.48. The molecule has 5 aromatic rings. The van der Waals surface area contributed by atoms with Gasteiger partial charge in [-0.25, -0.2) is 9.59 Å². The number of anilines is 1. The van der Waals surface area contributed by atoms with E-state index in [0.717, 1.165) is 12.8 Å². The number of likely N-dealkylation sites (N-methyl/N-ethyl adjacent to an activating group) is 1. The van der Waals surface area contributed by atoms with E-state index in [1.165, 1.54) is 41.9 Å². The quantitative estimate of drug-likeness (QED) is 0.0626. The maximum Gasteiger partial charge on any atom is 0.411 e. The van der Waals surface area contributed by atoms with Crippen molar-refractivity contribution >= 4 is 62.9 Å². The number of methoxy groups -OCH3 is 1. The smallest absolute Gasteiger partial charge is 0.411 e. The largest absolute Gasteiger partial charge is 0.506 e. The summed E-state index contributed by atoms with van der Waals surface area (Å²) in [6.45, 7) is 1.06. The molecule has 16 heteroatoms. The molecule has 55 heavy (non-hydrogen) atoms. The standard InChI is InChI=1S/C39H43ClN4O9S2/c1-44(26-8-10-27(11-9-26)53-39(37(48)49,33-5-3-15-54-33)34-6-4-16-55-34)13-14-52-38(50)42-29-20-32(51-2)25(18-28(29)40)21-41-22-31(46)24-17-23-7-12-35(47)43-36(23)30(45)19-24/h3-7,12,15-20,26-27,31,41,45-46H,8-11,13-14,21-22H2,1-2H3,(H,42,50)(H,43,47)(H,48,49)/t26-,27-,31-/m0/s1. The fourth-order valence-corrected chi connectivity index (χ4v) is 8.91. The van der Waals surface area contributed by atoms with Gasteiger partial charge in [0.15, 0.2) is 0 Å². The van der Waals surface area contributed by atoms with Gasteiger partial charge in [0.05, 0.1) is 45.3 Å². The van der Waals surface area contributed by atoms with Crippen LogP contribution in [0.3, 0.4) is 0 Å². The van der Waals surface area contributed by atoms with Crippen LogP contribution in [0, 0.1) is 0 Å². The van der Waals surface area contributed by atoms with Crippen molar-refractivity contribution in [3.05, 3.63) is 108 Å². The van der Waals surface area contributed by atoms with Crippen molar-refractivity contribution in [2.45, 2.75) is 56.1 Å². The fraction of sp³-hybridized carbons (Fsp3) is 0.359. The third-order valence-electron chi connectivity index (χ3n) is 9.80. The number of aromatic amines is 1. The first kappa shape index (κ1) is 40.2. The number of phenolic OH excluding ortho intramolecular Hbond substituents is 1. The molecule has 1 aliphatic rings.